The van der Waals surface area contributed by atoms with Crippen molar-refractivity contribution in [2.75, 3.05) is 74.8 Å². The number of benzene rings is 2. The molecule has 2 N–H and O–H groups in total. The third-order valence-corrected chi connectivity index (χ3v) is 9.08. The Morgan fingerprint density at radius 1 is 0.711 bits per heavy atom. The Hall–Kier alpha value is -2.12. The quantitative estimate of drug-likeness (QED) is 0.335. The molecule has 0 amide bonds. The van der Waals surface area contributed by atoms with E-state index in [1.54, 1.807) is 12.1 Å². The van der Waals surface area contributed by atoms with Gasteiger partial charge in [-0.15, -0.1) is 23.2 Å². The lowest BCUT2D eigenvalue weighted by Crippen LogP contribution is -2.39. The van der Waals surface area contributed by atoms with E-state index in [0.29, 0.717) is 58.9 Å². The lowest BCUT2D eigenvalue weighted by atomic mass is 9.82. The molecule has 0 bridgehead atoms. The SMILES string of the molecule is O=C1c2ccccc2C(=O)c2c(NCCN3CCCC(CCl)C3)ccc(NCCN3CCCC(CCl)C3)c21. The lowest BCUT2D eigenvalue weighted by Gasteiger charge is -2.32. The molecule has 204 valence electrons. The zero-order valence-electron chi connectivity index (χ0n) is 22.0. The summed E-state index contributed by atoms with van der Waals surface area (Å²) in [6.45, 7) is 7.33. The number of ketones is 2. The van der Waals surface area contributed by atoms with Gasteiger partial charge in [0.2, 0.25) is 0 Å². The standard InChI is InChI=1S/C30H38Cl2N4O2/c31-17-21-5-3-13-35(19-21)15-11-33-25-9-10-26(34-12-16-36-14-4-6-22(18-32)20-36)28-27(25)29(37)23-7-1-2-8-24(23)30(28)38/h1-2,7-10,21-22,33-34H,3-6,11-20H2. The molecule has 2 saturated heterocycles. The molecule has 2 fully saturated rings. The van der Waals surface area contributed by atoms with E-state index in [4.69, 9.17) is 23.2 Å². The molecule has 0 radical (unpaired) electrons. The zero-order chi connectivity index (χ0) is 26.5. The van der Waals surface area contributed by atoms with Crippen molar-refractivity contribution in [2.45, 2.75) is 25.7 Å². The fourth-order valence-corrected chi connectivity index (χ4v) is 6.68. The van der Waals surface area contributed by atoms with Crippen molar-refractivity contribution < 1.29 is 9.59 Å². The third kappa shape index (κ3) is 6.04. The number of hydrogen-bond donors (Lipinski definition) is 2. The number of likely N-dealkylation sites (tertiary alicyclic amines) is 2. The summed E-state index contributed by atoms with van der Waals surface area (Å²) in [4.78, 5) is 32.3. The molecule has 2 atom stereocenters. The number of carbonyl (C=O) groups excluding carboxylic acids is 2. The second kappa shape index (κ2) is 12.8. The van der Waals surface area contributed by atoms with Crippen LogP contribution in [0.3, 0.4) is 0 Å². The van der Waals surface area contributed by atoms with Crippen LogP contribution in [0.5, 0.6) is 0 Å². The Morgan fingerprint density at radius 2 is 1.16 bits per heavy atom. The van der Waals surface area contributed by atoms with Crippen LogP contribution in [0.1, 0.15) is 57.5 Å². The van der Waals surface area contributed by atoms with E-state index >= 15 is 0 Å². The molecule has 0 aromatic heterocycles. The zero-order valence-corrected chi connectivity index (χ0v) is 23.5. The van der Waals surface area contributed by atoms with Crippen LogP contribution in [0.25, 0.3) is 0 Å². The Bertz CT molecular complexity index is 1070. The third-order valence-electron chi connectivity index (χ3n) is 8.21. The summed E-state index contributed by atoms with van der Waals surface area (Å²) >= 11 is 12.2. The first-order chi connectivity index (χ1) is 18.6. The summed E-state index contributed by atoms with van der Waals surface area (Å²) in [6.07, 6.45) is 4.72. The molecule has 2 aliphatic heterocycles. The first-order valence-corrected chi connectivity index (χ1v) is 15.1. The number of nitrogens with one attached hydrogen (secondary N) is 2. The van der Waals surface area contributed by atoms with Gasteiger partial charge in [-0.1, -0.05) is 24.3 Å². The first kappa shape index (κ1) is 27.4. The van der Waals surface area contributed by atoms with E-state index in [-0.39, 0.29) is 11.6 Å². The van der Waals surface area contributed by atoms with E-state index in [1.807, 2.05) is 24.3 Å². The first-order valence-electron chi connectivity index (χ1n) is 14.0. The molecule has 3 aliphatic rings. The summed E-state index contributed by atoms with van der Waals surface area (Å²) in [5, 5.41) is 6.97. The average Bonchev–Trinajstić information content (AvgIpc) is 2.96. The Balaban J connectivity index is 1.33. The van der Waals surface area contributed by atoms with Crippen LogP contribution in [0.4, 0.5) is 11.4 Å². The van der Waals surface area contributed by atoms with E-state index in [0.717, 1.165) is 50.6 Å². The van der Waals surface area contributed by atoms with Crippen molar-refractivity contribution in [2.24, 2.45) is 11.8 Å². The van der Waals surface area contributed by atoms with Crippen LogP contribution >= 0.6 is 23.2 Å². The molecule has 2 heterocycles. The normalized spacial score (nSPS) is 22.2. The van der Waals surface area contributed by atoms with E-state index in [2.05, 4.69) is 20.4 Å². The molecule has 6 nitrogen and oxygen atoms in total. The van der Waals surface area contributed by atoms with Gasteiger partial charge >= 0.3 is 0 Å². The smallest absolute Gasteiger partial charge is 0.196 e. The summed E-state index contributed by atoms with van der Waals surface area (Å²) < 4.78 is 0. The topological polar surface area (TPSA) is 64.7 Å². The van der Waals surface area contributed by atoms with Gasteiger partial charge in [-0.25, -0.2) is 0 Å². The number of anilines is 2. The van der Waals surface area contributed by atoms with Crippen molar-refractivity contribution in [1.82, 2.24) is 9.80 Å². The minimum absolute atomic E-state index is 0.0949. The molecule has 5 rings (SSSR count). The van der Waals surface area contributed by atoms with Crippen molar-refractivity contribution in [1.29, 1.82) is 0 Å². The van der Waals surface area contributed by atoms with Gasteiger partial charge in [-0.2, -0.15) is 0 Å². The molecule has 8 heteroatoms. The Kier molecular flexibility index (Phi) is 9.26. The van der Waals surface area contributed by atoms with Crippen LogP contribution < -0.4 is 10.6 Å². The number of hydrogen-bond acceptors (Lipinski definition) is 6. The van der Waals surface area contributed by atoms with Crippen LogP contribution in [-0.2, 0) is 0 Å². The Morgan fingerprint density at radius 3 is 1.58 bits per heavy atom. The van der Waals surface area contributed by atoms with Crippen LogP contribution in [0.15, 0.2) is 36.4 Å². The summed E-state index contributed by atoms with van der Waals surface area (Å²) in [6, 6.07) is 11.0. The Labute approximate surface area is 236 Å². The number of rotatable bonds is 10. The number of halogens is 2. The van der Waals surface area contributed by atoms with Crippen LogP contribution in [-0.4, -0.2) is 85.5 Å². The fraction of sp³-hybridized carbons (Fsp3) is 0.533. The number of carbonyl (C=O) groups is 2. The van der Waals surface area contributed by atoms with Gasteiger partial charge in [0.15, 0.2) is 11.6 Å². The highest BCUT2D eigenvalue weighted by molar-refractivity contribution is 6.31. The molecule has 2 aromatic rings. The summed E-state index contributed by atoms with van der Waals surface area (Å²) in [7, 11) is 0. The highest BCUT2D eigenvalue weighted by atomic mass is 35.5. The van der Waals surface area contributed by atoms with E-state index in [9.17, 15) is 9.59 Å². The van der Waals surface area contributed by atoms with Gasteiger partial charge in [-0.05, 0) is 62.7 Å². The molecule has 1 aliphatic carbocycles. The highest BCUT2D eigenvalue weighted by Gasteiger charge is 2.34. The second-order valence-electron chi connectivity index (χ2n) is 10.9. The predicted octanol–water partition coefficient (Wildman–Crippen LogP) is 5.19. The number of alkyl halides is 2. The minimum atomic E-state index is -0.0949. The predicted molar refractivity (Wildman–Crippen MR) is 156 cm³/mol. The van der Waals surface area contributed by atoms with Crippen LogP contribution in [0.2, 0.25) is 0 Å². The number of piperidine rings is 2. The van der Waals surface area contributed by atoms with Crippen molar-refractivity contribution in [3.63, 3.8) is 0 Å². The molecule has 38 heavy (non-hydrogen) atoms. The van der Waals surface area contributed by atoms with Gasteiger partial charge in [0, 0.05) is 73.5 Å². The molecule has 2 unspecified atom stereocenters. The molecule has 0 spiro atoms. The maximum Gasteiger partial charge on any atom is 0.196 e. The fourth-order valence-electron chi connectivity index (χ4n) is 6.18. The van der Waals surface area contributed by atoms with Crippen LogP contribution in [0, 0.1) is 11.8 Å². The lowest BCUT2D eigenvalue weighted by molar-refractivity contribution is 0.0980. The monoisotopic (exact) mass is 556 g/mol. The van der Waals surface area contributed by atoms with Crippen molar-refractivity contribution in [3.05, 3.63) is 58.7 Å². The maximum atomic E-state index is 13.7. The van der Waals surface area contributed by atoms with Gasteiger partial charge in [0.25, 0.3) is 0 Å². The summed E-state index contributed by atoms with van der Waals surface area (Å²) in [5.41, 5.74) is 3.38. The molecular weight excluding hydrogens is 519 g/mol. The second-order valence-corrected chi connectivity index (χ2v) is 11.5. The summed E-state index contributed by atoms with van der Waals surface area (Å²) in [5.74, 6) is 2.31. The number of fused-ring (bicyclic) bond motifs is 2. The largest absolute Gasteiger partial charge is 0.383 e. The van der Waals surface area contributed by atoms with Gasteiger partial charge in [0.1, 0.15) is 0 Å². The average molecular weight is 558 g/mol. The molecule has 0 saturated carbocycles. The van der Waals surface area contributed by atoms with Gasteiger partial charge < -0.3 is 20.4 Å². The molecular formula is C30H38Cl2N4O2. The number of nitrogens with zero attached hydrogens (tertiary/aromatic N) is 2. The maximum absolute atomic E-state index is 13.7. The van der Waals surface area contributed by atoms with Crippen molar-refractivity contribution >= 4 is 46.1 Å². The van der Waals surface area contributed by atoms with E-state index in [1.165, 1.54) is 25.7 Å². The van der Waals surface area contributed by atoms with Gasteiger partial charge in [-0.3, -0.25) is 9.59 Å². The van der Waals surface area contributed by atoms with Crippen molar-refractivity contribution in [3.8, 4) is 0 Å². The van der Waals surface area contributed by atoms with E-state index < -0.39 is 0 Å². The minimum Gasteiger partial charge on any atom is -0.383 e. The molecule has 2 aromatic carbocycles. The highest BCUT2D eigenvalue weighted by Crippen LogP contribution is 2.36. The van der Waals surface area contributed by atoms with Gasteiger partial charge in [0.05, 0.1) is 11.1 Å².